The van der Waals surface area contributed by atoms with Gasteiger partial charge in [0.05, 0.1) is 16.4 Å². The van der Waals surface area contributed by atoms with Gasteiger partial charge in [-0.3, -0.25) is 4.68 Å². The van der Waals surface area contributed by atoms with Crippen LogP contribution in [-0.2, 0) is 13.0 Å². The third-order valence-electron chi connectivity index (χ3n) is 3.85. The van der Waals surface area contributed by atoms with Crippen molar-refractivity contribution in [2.75, 3.05) is 6.54 Å². The standard InChI is InChI=1S/C14H24ClN3/c1-4-18-13(14(15)11(3)17-18)8-10(2)9-16-12-6-5-7-12/h10,12,16H,4-9H2,1-3H3. The van der Waals surface area contributed by atoms with E-state index < -0.39 is 0 Å². The summed E-state index contributed by atoms with van der Waals surface area (Å²) < 4.78 is 2.04. The SMILES string of the molecule is CCn1nc(C)c(Cl)c1CC(C)CNC1CCC1. The number of halogens is 1. The maximum Gasteiger partial charge on any atom is 0.0847 e. The van der Waals surface area contributed by atoms with E-state index >= 15 is 0 Å². The molecule has 1 aromatic heterocycles. The summed E-state index contributed by atoms with van der Waals surface area (Å²) in [5, 5.41) is 8.95. The van der Waals surface area contributed by atoms with Crippen LogP contribution in [-0.4, -0.2) is 22.4 Å². The van der Waals surface area contributed by atoms with Crippen molar-refractivity contribution in [3.8, 4) is 0 Å². The Labute approximate surface area is 115 Å². The zero-order valence-electron chi connectivity index (χ0n) is 11.7. The van der Waals surface area contributed by atoms with Crippen molar-refractivity contribution in [3.63, 3.8) is 0 Å². The van der Waals surface area contributed by atoms with Crippen LogP contribution < -0.4 is 5.32 Å². The van der Waals surface area contributed by atoms with E-state index in [9.17, 15) is 0 Å². The molecule has 1 fully saturated rings. The Morgan fingerprint density at radius 1 is 1.50 bits per heavy atom. The molecule has 0 saturated heterocycles. The van der Waals surface area contributed by atoms with Gasteiger partial charge in [0.2, 0.25) is 0 Å². The number of nitrogens with zero attached hydrogens (tertiary/aromatic N) is 2. The Morgan fingerprint density at radius 2 is 2.22 bits per heavy atom. The van der Waals surface area contributed by atoms with Crippen LogP contribution in [0.25, 0.3) is 0 Å². The molecule has 2 rings (SSSR count). The molecule has 0 radical (unpaired) electrons. The fourth-order valence-corrected chi connectivity index (χ4v) is 2.66. The zero-order chi connectivity index (χ0) is 13.1. The molecule has 1 aliphatic carbocycles. The van der Waals surface area contributed by atoms with Gasteiger partial charge in [-0.25, -0.2) is 0 Å². The summed E-state index contributed by atoms with van der Waals surface area (Å²) in [5.74, 6) is 0.601. The largest absolute Gasteiger partial charge is 0.314 e. The van der Waals surface area contributed by atoms with Crippen LogP contribution in [0.4, 0.5) is 0 Å². The van der Waals surface area contributed by atoms with Crippen LogP contribution in [0.5, 0.6) is 0 Å². The van der Waals surface area contributed by atoms with E-state index in [1.165, 1.54) is 25.0 Å². The molecule has 4 heteroatoms. The summed E-state index contributed by atoms with van der Waals surface area (Å²) in [4.78, 5) is 0. The van der Waals surface area contributed by atoms with E-state index in [4.69, 9.17) is 11.6 Å². The van der Waals surface area contributed by atoms with Crippen LogP contribution in [0, 0.1) is 12.8 Å². The number of rotatable bonds is 6. The van der Waals surface area contributed by atoms with Gasteiger partial charge in [0.1, 0.15) is 0 Å². The number of hydrogen-bond acceptors (Lipinski definition) is 2. The first-order valence-corrected chi connectivity index (χ1v) is 7.44. The van der Waals surface area contributed by atoms with Crippen LogP contribution >= 0.6 is 11.6 Å². The highest BCUT2D eigenvalue weighted by Gasteiger charge is 2.19. The number of nitrogens with one attached hydrogen (secondary N) is 1. The molecular formula is C14H24ClN3. The first kappa shape index (κ1) is 13.9. The molecule has 1 N–H and O–H groups in total. The quantitative estimate of drug-likeness (QED) is 0.860. The van der Waals surface area contributed by atoms with Gasteiger partial charge >= 0.3 is 0 Å². The van der Waals surface area contributed by atoms with E-state index in [0.717, 1.165) is 36.3 Å². The average molecular weight is 270 g/mol. The van der Waals surface area contributed by atoms with Crippen molar-refractivity contribution in [2.24, 2.45) is 5.92 Å². The lowest BCUT2D eigenvalue weighted by atomic mass is 9.92. The van der Waals surface area contributed by atoms with Gasteiger partial charge in [0.25, 0.3) is 0 Å². The predicted molar refractivity (Wildman–Crippen MR) is 76.2 cm³/mol. The fraction of sp³-hybridized carbons (Fsp3) is 0.786. The second kappa shape index (κ2) is 6.07. The summed E-state index contributed by atoms with van der Waals surface area (Å²) in [6.07, 6.45) is 5.09. The van der Waals surface area contributed by atoms with Gasteiger partial charge < -0.3 is 5.32 Å². The summed E-state index contributed by atoms with van der Waals surface area (Å²) in [6.45, 7) is 8.35. The molecule has 0 bridgehead atoms. The topological polar surface area (TPSA) is 29.9 Å². The molecule has 0 aliphatic heterocycles. The van der Waals surface area contributed by atoms with Crippen LogP contribution in [0.1, 0.15) is 44.5 Å². The minimum Gasteiger partial charge on any atom is -0.314 e. The van der Waals surface area contributed by atoms with Crippen LogP contribution in [0.2, 0.25) is 5.02 Å². The van der Waals surface area contributed by atoms with Crippen molar-refractivity contribution in [2.45, 2.75) is 59.0 Å². The molecule has 1 unspecified atom stereocenters. The second-order valence-corrected chi connectivity index (χ2v) is 5.89. The van der Waals surface area contributed by atoms with Gasteiger partial charge in [-0.15, -0.1) is 0 Å². The van der Waals surface area contributed by atoms with Gasteiger partial charge in [-0.2, -0.15) is 5.10 Å². The molecule has 0 spiro atoms. The molecular weight excluding hydrogens is 246 g/mol. The maximum absolute atomic E-state index is 6.33. The minimum atomic E-state index is 0.601. The van der Waals surface area contributed by atoms with Gasteiger partial charge in [0.15, 0.2) is 0 Å². The first-order chi connectivity index (χ1) is 8.61. The maximum atomic E-state index is 6.33. The molecule has 102 valence electrons. The molecule has 3 nitrogen and oxygen atoms in total. The lowest BCUT2D eigenvalue weighted by Crippen LogP contribution is -2.38. The Kier molecular flexibility index (Phi) is 4.68. The number of aryl methyl sites for hydroxylation is 2. The molecule has 0 aromatic carbocycles. The van der Waals surface area contributed by atoms with E-state index in [1.54, 1.807) is 0 Å². The first-order valence-electron chi connectivity index (χ1n) is 7.07. The summed E-state index contributed by atoms with van der Waals surface area (Å²) in [5.41, 5.74) is 2.15. The zero-order valence-corrected chi connectivity index (χ0v) is 12.4. The molecule has 1 heterocycles. The van der Waals surface area contributed by atoms with Gasteiger partial charge in [0, 0.05) is 12.6 Å². The lowest BCUT2D eigenvalue weighted by molar-refractivity contribution is 0.319. The number of hydrogen-bond donors (Lipinski definition) is 1. The van der Waals surface area contributed by atoms with E-state index in [1.807, 2.05) is 11.6 Å². The minimum absolute atomic E-state index is 0.601. The van der Waals surface area contributed by atoms with E-state index in [-0.39, 0.29) is 0 Å². The molecule has 1 aliphatic rings. The Hall–Kier alpha value is -0.540. The highest BCUT2D eigenvalue weighted by atomic mass is 35.5. The molecule has 18 heavy (non-hydrogen) atoms. The van der Waals surface area contributed by atoms with Crippen LogP contribution in [0.15, 0.2) is 0 Å². The monoisotopic (exact) mass is 269 g/mol. The number of aromatic nitrogens is 2. The van der Waals surface area contributed by atoms with Crippen molar-refractivity contribution in [1.82, 2.24) is 15.1 Å². The summed E-state index contributed by atoms with van der Waals surface area (Å²) >= 11 is 6.33. The predicted octanol–water partition coefficient (Wildman–Crippen LogP) is 3.19. The third kappa shape index (κ3) is 3.07. The molecule has 1 atom stereocenters. The highest BCUT2D eigenvalue weighted by Crippen LogP contribution is 2.23. The highest BCUT2D eigenvalue weighted by molar-refractivity contribution is 6.31. The third-order valence-corrected chi connectivity index (χ3v) is 4.35. The molecule has 1 aromatic rings. The van der Waals surface area contributed by atoms with E-state index in [0.29, 0.717) is 5.92 Å². The Bertz CT molecular complexity index is 396. The second-order valence-electron chi connectivity index (χ2n) is 5.51. The van der Waals surface area contributed by atoms with Gasteiger partial charge in [-0.05, 0) is 45.6 Å². The summed E-state index contributed by atoms with van der Waals surface area (Å²) in [7, 11) is 0. The smallest absolute Gasteiger partial charge is 0.0847 e. The average Bonchev–Trinajstić information content (AvgIpc) is 2.55. The fourth-order valence-electron chi connectivity index (χ4n) is 2.45. The lowest BCUT2D eigenvalue weighted by Gasteiger charge is -2.28. The molecule has 0 amide bonds. The van der Waals surface area contributed by atoms with Crippen LogP contribution in [0.3, 0.4) is 0 Å². The van der Waals surface area contributed by atoms with Crippen molar-refractivity contribution < 1.29 is 0 Å². The van der Waals surface area contributed by atoms with Crippen molar-refractivity contribution in [1.29, 1.82) is 0 Å². The normalized spacial score (nSPS) is 17.8. The van der Waals surface area contributed by atoms with Gasteiger partial charge in [-0.1, -0.05) is 24.9 Å². The van der Waals surface area contributed by atoms with Crippen molar-refractivity contribution in [3.05, 3.63) is 16.4 Å². The Morgan fingerprint density at radius 3 is 2.78 bits per heavy atom. The van der Waals surface area contributed by atoms with E-state index in [2.05, 4.69) is 24.3 Å². The summed E-state index contributed by atoms with van der Waals surface area (Å²) in [6, 6.07) is 0.765. The molecule has 1 saturated carbocycles. The van der Waals surface area contributed by atoms with Crippen molar-refractivity contribution >= 4 is 11.6 Å². The Balaban J connectivity index is 1.90.